The minimum absolute atomic E-state index is 0.0236. The van der Waals surface area contributed by atoms with Gasteiger partial charge in [-0.15, -0.1) is 0 Å². The van der Waals surface area contributed by atoms with Gasteiger partial charge in [0.05, 0.1) is 5.02 Å². The molecule has 0 heterocycles. The van der Waals surface area contributed by atoms with E-state index >= 15 is 0 Å². The number of rotatable bonds is 1. The molecular formula is C7H6ClO2. The maximum Gasteiger partial charge on any atom is 0.134 e. The molecule has 3 heteroatoms. The van der Waals surface area contributed by atoms with Gasteiger partial charge in [0.1, 0.15) is 12.4 Å². The molecular weight excluding hydrogens is 152 g/mol. The van der Waals surface area contributed by atoms with Gasteiger partial charge in [0, 0.05) is 5.56 Å². The van der Waals surface area contributed by atoms with Crippen molar-refractivity contribution >= 4 is 11.6 Å². The number of benzene rings is 1. The van der Waals surface area contributed by atoms with E-state index in [1.807, 2.05) is 0 Å². The van der Waals surface area contributed by atoms with Gasteiger partial charge >= 0.3 is 0 Å². The number of aliphatic hydroxyl groups excluding tert-OH is 1. The molecule has 1 radical (unpaired) electrons. The van der Waals surface area contributed by atoms with Gasteiger partial charge in [-0.3, -0.25) is 0 Å². The van der Waals surface area contributed by atoms with Crippen LogP contribution in [0.4, 0.5) is 0 Å². The van der Waals surface area contributed by atoms with Crippen molar-refractivity contribution in [3.05, 3.63) is 35.4 Å². The van der Waals surface area contributed by atoms with Crippen molar-refractivity contribution in [3.8, 4) is 5.75 Å². The third kappa shape index (κ3) is 1.23. The van der Waals surface area contributed by atoms with Gasteiger partial charge in [0.15, 0.2) is 0 Å². The van der Waals surface area contributed by atoms with Crippen molar-refractivity contribution in [1.82, 2.24) is 0 Å². The molecule has 1 aromatic carbocycles. The van der Waals surface area contributed by atoms with Gasteiger partial charge in [-0.05, 0) is 6.07 Å². The second-order valence-corrected chi connectivity index (χ2v) is 2.19. The maximum absolute atomic E-state index is 8.97. The zero-order valence-corrected chi connectivity index (χ0v) is 5.84. The predicted molar refractivity (Wildman–Crippen MR) is 38.5 cm³/mol. The summed E-state index contributed by atoms with van der Waals surface area (Å²) in [6.07, 6.45) is 0. The predicted octanol–water partition coefficient (Wildman–Crippen LogP) is 1.93. The Bertz CT molecular complexity index is 235. The molecule has 0 aliphatic carbocycles. The van der Waals surface area contributed by atoms with Crippen LogP contribution in [0.3, 0.4) is 0 Å². The van der Waals surface area contributed by atoms with Crippen LogP contribution in [-0.4, -0.2) is 10.2 Å². The fourth-order valence-electron chi connectivity index (χ4n) is 0.637. The minimum atomic E-state index is -0.0236. The highest BCUT2D eigenvalue weighted by Gasteiger charge is 2.02. The van der Waals surface area contributed by atoms with Crippen LogP contribution in [0.25, 0.3) is 0 Å². The molecule has 0 atom stereocenters. The van der Waals surface area contributed by atoms with Crippen LogP contribution in [0.5, 0.6) is 5.75 Å². The summed E-state index contributed by atoms with van der Waals surface area (Å²) in [6.45, 7) is 0.849. The second-order valence-electron chi connectivity index (χ2n) is 1.81. The normalized spacial score (nSPS) is 9.80. The smallest absolute Gasteiger partial charge is 0.134 e. The van der Waals surface area contributed by atoms with Gasteiger partial charge in [-0.1, -0.05) is 23.7 Å². The quantitative estimate of drug-likeness (QED) is 0.654. The number of aromatic hydroxyl groups is 1. The molecule has 0 aromatic heterocycles. The molecule has 0 saturated carbocycles. The summed E-state index contributed by atoms with van der Waals surface area (Å²) in [5.74, 6) is -0.0236. The van der Waals surface area contributed by atoms with E-state index in [0.29, 0.717) is 5.56 Å². The van der Waals surface area contributed by atoms with Crippen molar-refractivity contribution in [2.75, 3.05) is 0 Å². The standard InChI is InChI=1S/C7H6ClO2/c8-7-5(4-9)2-1-3-6(7)10/h1-4,9-10H. The first-order valence-corrected chi connectivity index (χ1v) is 3.08. The van der Waals surface area contributed by atoms with Crippen LogP contribution in [0.2, 0.25) is 5.02 Å². The van der Waals surface area contributed by atoms with Crippen LogP contribution in [0.1, 0.15) is 5.56 Å². The first-order chi connectivity index (χ1) is 4.75. The fraction of sp³-hybridized carbons (Fsp3) is 0. The zero-order chi connectivity index (χ0) is 7.56. The molecule has 0 aliphatic rings. The van der Waals surface area contributed by atoms with E-state index in [2.05, 4.69) is 0 Å². The zero-order valence-electron chi connectivity index (χ0n) is 5.08. The molecule has 0 fully saturated rings. The first kappa shape index (κ1) is 7.38. The van der Waals surface area contributed by atoms with Crippen molar-refractivity contribution in [2.24, 2.45) is 0 Å². The van der Waals surface area contributed by atoms with Crippen molar-refractivity contribution in [1.29, 1.82) is 0 Å². The Kier molecular flexibility index (Phi) is 2.14. The molecule has 0 bridgehead atoms. The number of phenolic OH excluding ortho intramolecular Hbond substituents is 1. The summed E-state index contributed by atoms with van der Waals surface area (Å²) >= 11 is 5.55. The number of hydrogen-bond acceptors (Lipinski definition) is 2. The van der Waals surface area contributed by atoms with E-state index < -0.39 is 0 Å². The molecule has 10 heavy (non-hydrogen) atoms. The molecule has 1 rings (SSSR count). The average Bonchev–Trinajstić information content (AvgIpc) is 1.95. The third-order valence-corrected chi connectivity index (χ3v) is 1.56. The molecule has 0 amide bonds. The monoisotopic (exact) mass is 157 g/mol. The average molecular weight is 158 g/mol. The van der Waals surface area contributed by atoms with E-state index in [9.17, 15) is 0 Å². The molecule has 0 aliphatic heterocycles. The lowest BCUT2D eigenvalue weighted by Gasteiger charge is -1.99. The van der Waals surface area contributed by atoms with E-state index in [4.69, 9.17) is 21.8 Å². The Morgan fingerprint density at radius 3 is 2.60 bits per heavy atom. The highest BCUT2D eigenvalue weighted by Crippen LogP contribution is 2.26. The van der Waals surface area contributed by atoms with Crippen LogP contribution in [-0.2, 0) is 0 Å². The summed E-state index contributed by atoms with van der Waals surface area (Å²) in [6, 6.07) is 4.65. The van der Waals surface area contributed by atoms with Crippen molar-refractivity contribution < 1.29 is 10.2 Å². The molecule has 53 valence electrons. The van der Waals surface area contributed by atoms with E-state index in [0.717, 1.165) is 6.61 Å². The number of aliphatic hydroxyl groups is 1. The summed E-state index contributed by atoms with van der Waals surface area (Å²) in [5, 5.41) is 17.7. The highest BCUT2D eigenvalue weighted by atomic mass is 35.5. The van der Waals surface area contributed by atoms with E-state index in [-0.39, 0.29) is 10.8 Å². The number of hydrogen-bond donors (Lipinski definition) is 2. The molecule has 0 unspecified atom stereocenters. The SMILES string of the molecule is O[CH]c1cccc(O)c1Cl. The van der Waals surface area contributed by atoms with Gasteiger partial charge in [0.25, 0.3) is 0 Å². The molecule has 2 N–H and O–H groups in total. The summed E-state index contributed by atoms with van der Waals surface area (Å²) in [4.78, 5) is 0. The highest BCUT2D eigenvalue weighted by molar-refractivity contribution is 6.32. The minimum Gasteiger partial charge on any atom is -0.506 e. The van der Waals surface area contributed by atoms with Crippen LogP contribution in [0, 0.1) is 6.61 Å². The van der Waals surface area contributed by atoms with Crippen LogP contribution < -0.4 is 0 Å². The topological polar surface area (TPSA) is 40.5 Å². The Balaban J connectivity index is 3.14. The van der Waals surface area contributed by atoms with Crippen LogP contribution >= 0.6 is 11.6 Å². The van der Waals surface area contributed by atoms with Gasteiger partial charge < -0.3 is 10.2 Å². The summed E-state index contributed by atoms with van der Waals surface area (Å²) < 4.78 is 0. The van der Waals surface area contributed by atoms with E-state index in [1.54, 1.807) is 12.1 Å². The number of phenols is 1. The Morgan fingerprint density at radius 1 is 1.40 bits per heavy atom. The van der Waals surface area contributed by atoms with Gasteiger partial charge in [-0.2, -0.15) is 0 Å². The van der Waals surface area contributed by atoms with E-state index in [1.165, 1.54) is 6.07 Å². The van der Waals surface area contributed by atoms with Crippen molar-refractivity contribution in [2.45, 2.75) is 0 Å². The van der Waals surface area contributed by atoms with Gasteiger partial charge in [0.2, 0.25) is 0 Å². The molecule has 2 nitrogen and oxygen atoms in total. The van der Waals surface area contributed by atoms with Gasteiger partial charge in [-0.25, -0.2) is 0 Å². The second kappa shape index (κ2) is 2.90. The lowest BCUT2D eigenvalue weighted by Crippen LogP contribution is -1.80. The number of halogens is 1. The van der Waals surface area contributed by atoms with Crippen molar-refractivity contribution in [3.63, 3.8) is 0 Å². The third-order valence-electron chi connectivity index (χ3n) is 1.15. The first-order valence-electron chi connectivity index (χ1n) is 2.70. The lowest BCUT2D eigenvalue weighted by molar-refractivity contribution is 0.413. The fourth-order valence-corrected chi connectivity index (χ4v) is 0.812. The summed E-state index contributed by atoms with van der Waals surface area (Å²) in [5.41, 5.74) is 0.418. The Labute approximate surface area is 63.7 Å². The molecule has 0 saturated heterocycles. The maximum atomic E-state index is 8.97. The largest absolute Gasteiger partial charge is 0.506 e. The van der Waals surface area contributed by atoms with Crippen LogP contribution in [0.15, 0.2) is 18.2 Å². The Hall–Kier alpha value is -0.730. The molecule has 1 aromatic rings. The molecule has 0 spiro atoms. The summed E-state index contributed by atoms with van der Waals surface area (Å²) in [7, 11) is 0. The lowest BCUT2D eigenvalue weighted by atomic mass is 10.2. The Morgan fingerprint density at radius 2 is 2.10 bits per heavy atom.